The predicted octanol–water partition coefficient (Wildman–Crippen LogP) is 2.61. The summed E-state index contributed by atoms with van der Waals surface area (Å²) >= 11 is 1.41. The van der Waals surface area contributed by atoms with E-state index < -0.39 is 10.0 Å². The highest BCUT2D eigenvalue weighted by atomic mass is 32.2. The first-order chi connectivity index (χ1) is 11.9. The molecule has 0 aliphatic carbocycles. The van der Waals surface area contributed by atoms with Gasteiger partial charge in [-0.15, -0.1) is 11.8 Å². The van der Waals surface area contributed by atoms with Gasteiger partial charge in [-0.3, -0.25) is 4.79 Å². The largest absolute Gasteiger partial charge is 0.496 e. The van der Waals surface area contributed by atoms with Gasteiger partial charge in [-0.25, -0.2) is 13.1 Å². The minimum atomic E-state index is -3.71. The zero-order valence-electron chi connectivity index (χ0n) is 13.8. The molecule has 3 rings (SSSR count). The van der Waals surface area contributed by atoms with Crippen LogP contribution in [-0.2, 0) is 21.4 Å². The lowest BCUT2D eigenvalue weighted by Crippen LogP contribution is -2.27. The lowest BCUT2D eigenvalue weighted by molar-refractivity contribution is -0.115. The quantitative estimate of drug-likeness (QED) is 0.835. The Kier molecular flexibility index (Phi) is 5.03. The molecule has 1 aliphatic heterocycles. The van der Waals surface area contributed by atoms with Crippen molar-refractivity contribution < 1.29 is 17.9 Å². The highest BCUT2D eigenvalue weighted by Crippen LogP contribution is 2.36. The van der Waals surface area contributed by atoms with Crippen molar-refractivity contribution in [1.82, 2.24) is 4.72 Å². The van der Waals surface area contributed by atoms with Gasteiger partial charge in [0.1, 0.15) is 5.75 Å². The van der Waals surface area contributed by atoms with E-state index in [0.717, 1.165) is 10.5 Å². The highest BCUT2D eigenvalue weighted by Gasteiger charge is 2.25. The van der Waals surface area contributed by atoms with Gasteiger partial charge in [0.05, 0.1) is 22.9 Å². The lowest BCUT2D eigenvalue weighted by atomic mass is 10.2. The molecule has 0 aromatic heterocycles. The van der Waals surface area contributed by atoms with Crippen LogP contribution in [0.25, 0.3) is 0 Å². The number of carbonyl (C=O) groups excluding carboxylic acids is 1. The summed E-state index contributed by atoms with van der Waals surface area (Å²) in [6, 6.07) is 12.0. The van der Waals surface area contributed by atoms with Crippen molar-refractivity contribution in [2.75, 3.05) is 12.4 Å². The maximum atomic E-state index is 12.6. The number of hydrogen-bond acceptors (Lipinski definition) is 5. The molecule has 0 unspecified atom stereocenters. The molecular formula is C17H18N2O4S2. The monoisotopic (exact) mass is 378 g/mol. The van der Waals surface area contributed by atoms with Crippen LogP contribution in [0.4, 0.5) is 5.69 Å². The Morgan fingerprint density at radius 2 is 2.00 bits per heavy atom. The van der Waals surface area contributed by atoms with Gasteiger partial charge >= 0.3 is 0 Å². The third-order valence-corrected chi connectivity index (χ3v) is 6.41. The maximum Gasteiger partial charge on any atom is 0.240 e. The number of nitrogens with one attached hydrogen (secondary N) is 2. The predicted molar refractivity (Wildman–Crippen MR) is 97.4 cm³/mol. The topological polar surface area (TPSA) is 84.5 Å². The number of fused-ring (bicyclic) bond motifs is 1. The Bertz CT molecular complexity index is 913. The second-order valence-electron chi connectivity index (χ2n) is 5.54. The summed E-state index contributed by atoms with van der Waals surface area (Å²) in [5.41, 5.74) is 1.26. The van der Waals surface area contributed by atoms with Crippen LogP contribution in [0, 0.1) is 0 Å². The van der Waals surface area contributed by atoms with Crippen molar-refractivity contribution in [3.8, 4) is 5.75 Å². The fraction of sp³-hybridized carbons (Fsp3) is 0.235. The third kappa shape index (κ3) is 3.81. The SMILES string of the molecule is COc1ccccc1CNS(=O)(=O)c1ccc2c(c1)NC(=O)[C@H](C)S2. The summed E-state index contributed by atoms with van der Waals surface area (Å²) in [4.78, 5) is 12.8. The first kappa shape index (κ1) is 17.8. The smallest absolute Gasteiger partial charge is 0.240 e. The summed E-state index contributed by atoms with van der Waals surface area (Å²) in [6.07, 6.45) is 0. The first-order valence-electron chi connectivity index (χ1n) is 7.64. The van der Waals surface area contributed by atoms with Crippen LogP contribution in [-0.4, -0.2) is 26.7 Å². The third-order valence-electron chi connectivity index (χ3n) is 3.84. The Morgan fingerprint density at radius 1 is 1.24 bits per heavy atom. The van der Waals surface area contributed by atoms with Crippen molar-refractivity contribution in [2.24, 2.45) is 0 Å². The molecule has 6 nitrogen and oxygen atoms in total. The van der Waals surface area contributed by atoms with Crippen molar-refractivity contribution >= 4 is 33.4 Å². The van der Waals surface area contributed by atoms with Gasteiger partial charge in [0.15, 0.2) is 0 Å². The van der Waals surface area contributed by atoms with Gasteiger partial charge in [0.25, 0.3) is 0 Å². The number of methoxy groups -OCH3 is 1. The van der Waals surface area contributed by atoms with Crippen LogP contribution in [0.2, 0.25) is 0 Å². The van der Waals surface area contributed by atoms with E-state index in [4.69, 9.17) is 4.74 Å². The zero-order chi connectivity index (χ0) is 18.0. The second kappa shape index (κ2) is 7.07. The van der Waals surface area contributed by atoms with E-state index in [1.54, 1.807) is 24.3 Å². The van der Waals surface area contributed by atoms with E-state index in [0.29, 0.717) is 11.4 Å². The van der Waals surface area contributed by atoms with Crippen LogP contribution >= 0.6 is 11.8 Å². The van der Waals surface area contributed by atoms with Gasteiger partial charge in [-0.1, -0.05) is 18.2 Å². The number of para-hydroxylation sites is 1. The van der Waals surface area contributed by atoms with Crippen molar-refractivity contribution in [2.45, 2.75) is 28.5 Å². The minimum Gasteiger partial charge on any atom is -0.496 e. The molecule has 132 valence electrons. The van der Waals surface area contributed by atoms with E-state index in [9.17, 15) is 13.2 Å². The number of ether oxygens (including phenoxy) is 1. The average Bonchev–Trinajstić information content (AvgIpc) is 2.61. The van der Waals surface area contributed by atoms with Crippen LogP contribution in [0.15, 0.2) is 52.3 Å². The van der Waals surface area contributed by atoms with Crippen LogP contribution in [0.3, 0.4) is 0 Å². The summed E-state index contributed by atoms with van der Waals surface area (Å²) in [6.45, 7) is 1.92. The van der Waals surface area contributed by atoms with E-state index in [2.05, 4.69) is 10.0 Å². The van der Waals surface area contributed by atoms with Crippen LogP contribution in [0.5, 0.6) is 5.75 Å². The fourth-order valence-corrected chi connectivity index (χ4v) is 4.42. The average molecular weight is 378 g/mol. The van der Waals surface area contributed by atoms with Crippen molar-refractivity contribution in [3.05, 3.63) is 48.0 Å². The number of rotatable bonds is 5. The number of anilines is 1. The normalized spacial score (nSPS) is 16.9. The standard InChI is InChI=1S/C17H18N2O4S2/c1-11-17(20)19-14-9-13(7-8-16(14)24-11)25(21,22)18-10-12-5-3-4-6-15(12)23-2/h3-9,11,18H,10H2,1-2H3,(H,19,20)/t11-/m0/s1. The molecule has 2 aromatic carbocycles. The molecule has 8 heteroatoms. The fourth-order valence-electron chi connectivity index (χ4n) is 2.46. The van der Waals surface area contributed by atoms with E-state index in [1.807, 2.05) is 19.1 Å². The molecule has 1 atom stereocenters. The molecule has 1 heterocycles. The molecule has 25 heavy (non-hydrogen) atoms. The molecular weight excluding hydrogens is 360 g/mol. The number of thioether (sulfide) groups is 1. The summed E-state index contributed by atoms with van der Waals surface area (Å²) in [7, 11) is -2.17. The maximum absolute atomic E-state index is 12.6. The molecule has 1 aliphatic rings. The number of sulfonamides is 1. The van der Waals surface area contributed by atoms with Gasteiger partial charge in [-0.2, -0.15) is 0 Å². The molecule has 1 amide bonds. The van der Waals surface area contributed by atoms with Gasteiger partial charge in [0.2, 0.25) is 15.9 Å². The van der Waals surface area contributed by atoms with Gasteiger partial charge < -0.3 is 10.1 Å². The van der Waals surface area contributed by atoms with Crippen LogP contribution in [0.1, 0.15) is 12.5 Å². The lowest BCUT2D eigenvalue weighted by Gasteiger charge is -2.21. The number of benzene rings is 2. The Balaban J connectivity index is 1.81. The van der Waals surface area contributed by atoms with Crippen molar-refractivity contribution in [1.29, 1.82) is 0 Å². The second-order valence-corrected chi connectivity index (χ2v) is 8.69. The molecule has 2 aromatic rings. The Morgan fingerprint density at radius 3 is 2.76 bits per heavy atom. The molecule has 0 bridgehead atoms. The summed E-state index contributed by atoms with van der Waals surface area (Å²) in [5, 5.41) is 2.55. The number of amides is 1. The zero-order valence-corrected chi connectivity index (χ0v) is 15.4. The number of carbonyl (C=O) groups is 1. The highest BCUT2D eigenvalue weighted by molar-refractivity contribution is 8.01. The van der Waals surface area contributed by atoms with E-state index in [1.165, 1.54) is 24.9 Å². The molecule has 2 N–H and O–H groups in total. The van der Waals surface area contributed by atoms with Gasteiger partial charge in [0, 0.05) is 17.0 Å². The summed E-state index contributed by atoms with van der Waals surface area (Å²) in [5.74, 6) is 0.488. The molecule has 0 spiro atoms. The van der Waals surface area contributed by atoms with Crippen molar-refractivity contribution in [3.63, 3.8) is 0 Å². The first-order valence-corrected chi connectivity index (χ1v) is 10.00. The Hall–Kier alpha value is -2.03. The van der Waals surface area contributed by atoms with E-state index in [-0.39, 0.29) is 22.6 Å². The Labute approximate surface area is 151 Å². The number of hydrogen-bond donors (Lipinski definition) is 2. The van der Waals surface area contributed by atoms with E-state index >= 15 is 0 Å². The van der Waals surface area contributed by atoms with Gasteiger partial charge in [-0.05, 0) is 31.2 Å². The summed E-state index contributed by atoms with van der Waals surface area (Å²) < 4.78 is 32.9. The molecule has 0 saturated carbocycles. The minimum absolute atomic E-state index is 0.108. The molecule has 0 saturated heterocycles. The molecule has 0 fully saturated rings. The molecule has 0 radical (unpaired) electrons. The van der Waals surface area contributed by atoms with Crippen LogP contribution < -0.4 is 14.8 Å².